The first kappa shape index (κ1) is 20.8. The van der Waals surface area contributed by atoms with Crippen LogP contribution in [-0.4, -0.2) is 26.4 Å². The quantitative estimate of drug-likeness (QED) is 0.355. The van der Waals surface area contributed by atoms with E-state index in [-0.39, 0.29) is 5.91 Å². The predicted octanol–water partition coefficient (Wildman–Crippen LogP) is 4.64. The van der Waals surface area contributed by atoms with Crippen molar-refractivity contribution in [1.29, 1.82) is 0 Å². The number of aryl methyl sites for hydroxylation is 1. The molecule has 1 amide bonds. The number of rotatable bonds is 10. The van der Waals surface area contributed by atoms with Crippen LogP contribution in [0.4, 0.5) is 0 Å². The third-order valence-corrected chi connectivity index (χ3v) is 7.26. The molecule has 3 heterocycles. The number of thioether (sulfide) groups is 1. The summed E-state index contributed by atoms with van der Waals surface area (Å²) in [5.41, 5.74) is 1.28. The van der Waals surface area contributed by atoms with Crippen LogP contribution in [0.3, 0.4) is 0 Å². The standard InChI is InChI=1S/C22H22N4OS3/c27-21(23-15-19-9-5-13-29-19)16-30-22-25-24-20(14-18-8-4-12-28-18)26(22)11-10-17-6-2-1-3-7-17/h1-9,12-13H,10-11,14-16H2,(H,23,27). The Morgan fingerprint density at radius 2 is 1.73 bits per heavy atom. The number of thiophene rings is 2. The van der Waals surface area contributed by atoms with Gasteiger partial charge >= 0.3 is 0 Å². The fourth-order valence-electron chi connectivity index (χ4n) is 3.02. The van der Waals surface area contributed by atoms with Gasteiger partial charge in [0.2, 0.25) is 5.91 Å². The molecule has 0 saturated carbocycles. The summed E-state index contributed by atoms with van der Waals surface area (Å²) in [7, 11) is 0. The molecule has 1 aromatic carbocycles. The number of aromatic nitrogens is 3. The number of nitrogens with one attached hydrogen (secondary N) is 1. The molecule has 0 aliphatic heterocycles. The molecule has 8 heteroatoms. The fraction of sp³-hybridized carbons (Fsp3) is 0.227. The van der Waals surface area contributed by atoms with E-state index in [1.165, 1.54) is 22.2 Å². The fourth-order valence-corrected chi connectivity index (χ4v) is 5.18. The van der Waals surface area contributed by atoms with Crippen LogP contribution in [-0.2, 0) is 30.7 Å². The van der Waals surface area contributed by atoms with Gasteiger partial charge in [0.05, 0.1) is 12.3 Å². The summed E-state index contributed by atoms with van der Waals surface area (Å²) in [6, 6.07) is 18.6. The number of carbonyl (C=O) groups is 1. The largest absolute Gasteiger partial charge is 0.350 e. The summed E-state index contributed by atoms with van der Waals surface area (Å²) < 4.78 is 2.16. The molecule has 4 aromatic rings. The molecule has 5 nitrogen and oxygen atoms in total. The molecule has 1 N–H and O–H groups in total. The van der Waals surface area contributed by atoms with Gasteiger partial charge in [-0.15, -0.1) is 32.9 Å². The first-order valence-corrected chi connectivity index (χ1v) is 12.4. The van der Waals surface area contributed by atoms with Crippen LogP contribution >= 0.6 is 34.4 Å². The third-order valence-electron chi connectivity index (χ3n) is 4.55. The zero-order valence-electron chi connectivity index (χ0n) is 16.4. The third kappa shape index (κ3) is 5.81. The topological polar surface area (TPSA) is 59.8 Å². The molecule has 30 heavy (non-hydrogen) atoms. The van der Waals surface area contributed by atoms with Gasteiger partial charge in [0.1, 0.15) is 5.82 Å². The highest BCUT2D eigenvalue weighted by molar-refractivity contribution is 7.99. The Kier molecular flexibility index (Phi) is 7.34. The number of hydrogen-bond acceptors (Lipinski definition) is 6. The van der Waals surface area contributed by atoms with Gasteiger partial charge in [-0.05, 0) is 34.9 Å². The number of amides is 1. The molecule has 0 saturated heterocycles. The van der Waals surface area contributed by atoms with Crippen LogP contribution in [0, 0.1) is 0 Å². The molecule has 0 bridgehead atoms. The van der Waals surface area contributed by atoms with E-state index < -0.39 is 0 Å². The molecular formula is C22H22N4OS3. The zero-order chi connectivity index (χ0) is 20.6. The van der Waals surface area contributed by atoms with Gasteiger partial charge in [-0.2, -0.15) is 0 Å². The van der Waals surface area contributed by atoms with Crippen molar-refractivity contribution in [1.82, 2.24) is 20.1 Å². The molecule has 0 aliphatic carbocycles. The molecular weight excluding hydrogens is 432 g/mol. The van der Waals surface area contributed by atoms with Crippen LogP contribution in [0.2, 0.25) is 0 Å². The Morgan fingerprint density at radius 3 is 2.47 bits per heavy atom. The number of hydrogen-bond donors (Lipinski definition) is 1. The summed E-state index contributed by atoms with van der Waals surface area (Å²) in [5.74, 6) is 1.27. The minimum Gasteiger partial charge on any atom is -0.350 e. The van der Waals surface area contributed by atoms with Crippen molar-refractivity contribution in [3.63, 3.8) is 0 Å². The van der Waals surface area contributed by atoms with E-state index in [0.29, 0.717) is 12.3 Å². The smallest absolute Gasteiger partial charge is 0.230 e. The molecule has 4 rings (SSSR count). The lowest BCUT2D eigenvalue weighted by Crippen LogP contribution is -2.24. The SMILES string of the molecule is O=C(CSc1nnc(Cc2cccs2)n1CCc1ccccc1)NCc1cccs1. The Bertz CT molecular complexity index is 1040. The van der Waals surface area contributed by atoms with Gasteiger partial charge in [-0.25, -0.2) is 0 Å². The average Bonchev–Trinajstić information content (AvgIpc) is 3.53. The van der Waals surface area contributed by atoms with Gasteiger partial charge in [-0.3, -0.25) is 4.79 Å². The van der Waals surface area contributed by atoms with E-state index in [9.17, 15) is 4.79 Å². The Hall–Kier alpha value is -2.42. The van der Waals surface area contributed by atoms with E-state index in [2.05, 4.69) is 61.9 Å². The van der Waals surface area contributed by atoms with E-state index in [4.69, 9.17) is 0 Å². The predicted molar refractivity (Wildman–Crippen MR) is 124 cm³/mol. The highest BCUT2D eigenvalue weighted by Crippen LogP contribution is 2.21. The van der Waals surface area contributed by atoms with Crippen molar-refractivity contribution in [2.75, 3.05) is 5.75 Å². The monoisotopic (exact) mass is 454 g/mol. The molecule has 154 valence electrons. The zero-order valence-corrected chi connectivity index (χ0v) is 18.8. The Morgan fingerprint density at radius 1 is 0.967 bits per heavy atom. The van der Waals surface area contributed by atoms with Gasteiger partial charge in [0, 0.05) is 22.7 Å². The maximum Gasteiger partial charge on any atom is 0.230 e. The van der Waals surface area contributed by atoms with Crippen LogP contribution in [0.15, 0.2) is 70.5 Å². The lowest BCUT2D eigenvalue weighted by atomic mass is 10.1. The lowest BCUT2D eigenvalue weighted by Gasteiger charge is -2.10. The van der Waals surface area contributed by atoms with Crippen molar-refractivity contribution in [3.05, 3.63) is 86.5 Å². The first-order valence-electron chi connectivity index (χ1n) is 9.68. The molecule has 0 fully saturated rings. The van der Waals surface area contributed by atoms with Gasteiger partial charge in [0.25, 0.3) is 0 Å². The van der Waals surface area contributed by atoms with Crippen molar-refractivity contribution in [2.24, 2.45) is 0 Å². The average molecular weight is 455 g/mol. The van der Waals surface area contributed by atoms with Gasteiger partial charge in [-0.1, -0.05) is 54.2 Å². The molecule has 0 unspecified atom stereocenters. The van der Waals surface area contributed by atoms with E-state index in [1.54, 1.807) is 22.7 Å². The van der Waals surface area contributed by atoms with Gasteiger partial charge < -0.3 is 9.88 Å². The highest BCUT2D eigenvalue weighted by Gasteiger charge is 2.15. The van der Waals surface area contributed by atoms with Crippen LogP contribution < -0.4 is 5.32 Å². The van der Waals surface area contributed by atoms with E-state index in [0.717, 1.165) is 35.2 Å². The summed E-state index contributed by atoms with van der Waals surface area (Å²) in [6.45, 7) is 1.36. The van der Waals surface area contributed by atoms with Gasteiger partial charge in [0.15, 0.2) is 5.16 Å². The summed E-state index contributed by atoms with van der Waals surface area (Å²) in [6.07, 6.45) is 1.65. The molecule has 3 aromatic heterocycles. The summed E-state index contributed by atoms with van der Waals surface area (Å²) >= 11 is 4.81. The van der Waals surface area contributed by atoms with Crippen molar-refractivity contribution >= 4 is 40.3 Å². The Balaban J connectivity index is 1.41. The lowest BCUT2D eigenvalue weighted by molar-refractivity contribution is -0.118. The Labute approximate surface area is 188 Å². The van der Waals surface area contributed by atoms with Crippen molar-refractivity contribution < 1.29 is 4.79 Å². The molecule has 0 atom stereocenters. The maximum atomic E-state index is 12.3. The minimum atomic E-state index is 0.00539. The number of carbonyl (C=O) groups excluding carboxylic acids is 1. The number of nitrogens with zero attached hydrogens (tertiary/aromatic N) is 3. The van der Waals surface area contributed by atoms with Crippen molar-refractivity contribution in [2.45, 2.75) is 31.1 Å². The second-order valence-corrected chi connectivity index (χ2v) is 9.69. The second-order valence-electron chi connectivity index (χ2n) is 6.69. The first-order chi connectivity index (χ1) is 14.8. The van der Waals surface area contributed by atoms with Crippen LogP contribution in [0.25, 0.3) is 0 Å². The van der Waals surface area contributed by atoms with Crippen LogP contribution in [0.5, 0.6) is 0 Å². The summed E-state index contributed by atoms with van der Waals surface area (Å²) in [4.78, 5) is 14.7. The van der Waals surface area contributed by atoms with E-state index >= 15 is 0 Å². The molecule has 0 radical (unpaired) electrons. The minimum absolute atomic E-state index is 0.00539. The number of benzene rings is 1. The highest BCUT2D eigenvalue weighted by atomic mass is 32.2. The summed E-state index contributed by atoms with van der Waals surface area (Å²) in [5, 5.41) is 16.7. The van der Waals surface area contributed by atoms with E-state index in [1.807, 2.05) is 23.6 Å². The van der Waals surface area contributed by atoms with Crippen molar-refractivity contribution in [3.8, 4) is 0 Å². The molecule has 0 spiro atoms. The van der Waals surface area contributed by atoms with Crippen LogP contribution in [0.1, 0.15) is 21.1 Å². The normalized spacial score (nSPS) is 10.9. The maximum absolute atomic E-state index is 12.3. The second kappa shape index (κ2) is 10.6. The molecule has 0 aliphatic rings.